The highest BCUT2D eigenvalue weighted by molar-refractivity contribution is 5.74. The second kappa shape index (κ2) is 3.35. The molecular formula is C11H11NO. The molecule has 0 atom stereocenters. The van der Waals surface area contributed by atoms with Gasteiger partial charge in [-0.2, -0.15) is 0 Å². The number of benzene rings is 1. The van der Waals surface area contributed by atoms with Crippen LogP contribution in [0.25, 0.3) is 11.3 Å². The van der Waals surface area contributed by atoms with Gasteiger partial charge < -0.3 is 9.73 Å². The molecule has 0 aliphatic carbocycles. The van der Waals surface area contributed by atoms with Gasteiger partial charge in [-0.1, -0.05) is 12.1 Å². The Kier molecular flexibility index (Phi) is 2.04. The third-order valence-electron chi connectivity index (χ3n) is 1.98. The quantitative estimate of drug-likeness (QED) is 0.755. The number of nitrogens with one attached hydrogen (secondary N) is 1. The van der Waals surface area contributed by atoms with Crippen molar-refractivity contribution < 1.29 is 4.42 Å². The Labute approximate surface area is 77.2 Å². The van der Waals surface area contributed by atoms with Crippen molar-refractivity contribution in [2.75, 3.05) is 12.4 Å². The molecule has 1 aromatic heterocycles. The minimum absolute atomic E-state index is 0.893. The van der Waals surface area contributed by atoms with Crippen LogP contribution in [0.5, 0.6) is 0 Å². The first-order chi connectivity index (χ1) is 6.42. The smallest absolute Gasteiger partial charge is 0.135 e. The number of para-hydroxylation sites is 1. The molecule has 0 saturated heterocycles. The predicted octanol–water partition coefficient (Wildman–Crippen LogP) is 2.99. The van der Waals surface area contributed by atoms with Crippen molar-refractivity contribution >= 4 is 5.69 Å². The first kappa shape index (κ1) is 7.92. The van der Waals surface area contributed by atoms with E-state index in [-0.39, 0.29) is 0 Å². The molecule has 0 aliphatic heterocycles. The molecule has 0 fully saturated rings. The minimum atomic E-state index is 0.893. The van der Waals surface area contributed by atoms with Gasteiger partial charge in [-0.25, -0.2) is 0 Å². The van der Waals surface area contributed by atoms with Crippen molar-refractivity contribution in [1.29, 1.82) is 0 Å². The monoisotopic (exact) mass is 173 g/mol. The maximum absolute atomic E-state index is 5.32. The summed E-state index contributed by atoms with van der Waals surface area (Å²) >= 11 is 0. The van der Waals surface area contributed by atoms with Gasteiger partial charge in [0.1, 0.15) is 5.76 Å². The van der Waals surface area contributed by atoms with E-state index >= 15 is 0 Å². The lowest BCUT2D eigenvalue weighted by Gasteiger charge is -2.05. The summed E-state index contributed by atoms with van der Waals surface area (Å²) < 4.78 is 5.32. The molecule has 0 bridgehead atoms. The van der Waals surface area contributed by atoms with Crippen molar-refractivity contribution in [1.82, 2.24) is 0 Å². The molecule has 0 radical (unpaired) electrons. The third kappa shape index (κ3) is 1.43. The van der Waals surface area contributed by atoms with Crippen LogP contribution in [0.3, 0.4) is 0 Å². The van der Waals surface area contributed by atoms with Crippen molar-refractivity contribution in [2.24, 2.45) is 0 Å². The second-order valence-corrected chi connectivity index (χ2v) is 2.77. The van der Waals surface area contributed by atoms with E-state index < -0.39 is 0 Å². The van der Waals surface area contributed by atoms with Crippen molar-refractivity contribution in [2.45, 2.75) is 0 Å². The Morgan fingerprint density at radius 1 is 1.08 bits per heavy atom. The maximum Gasteiger partial charge on any atom is 0.135 e. The van der Waals surface area contributed by atoms with Gasteiger partial charge in [-0.05, 0) is 24.3 Å². The molecule has 1 aromatic carbocycles. The number of furan rings is 1. The molecule has 2 nitrogen and oxygen atoms in total. The Bertz CT molecular complexity index is 379. The van der Waals surface area contributed by atoms with Gasteiger partial charge >= 0.3 is 0 Å². The van der Waals surface area contributed by atoms with Crippen LogP contribution in [0, 0.1) is 0 Å². The van der Waals surface area contributed by atoms with Gasteiger partial charge in [0.15, 0.2) is 0 Å². The fourth-order valence-corrected chi connectivity index (χ4v) is 1.35. The SMILES string of the molecule is CNc1ccccc1-c1ccco1. The summed E-state index contributed by atoms with van der Waals surface area (Å²) in [7, 11) is 1.90. The van der Waals surface area contributed by atoms with Gasteiger partial charge in [0.25, 0.3) is 0 Å². The molecule has 2 rings (SSSR count). The molecular weight excluding hydrogens is 162 g/mol. The number of hydrogen-bond acceptors (Lipinski definition) is 2. The highest BCUT2D eigenvalue weighted by atomic mass is 16.3. The van der Waals surface area contributed by atoms with Crippen molar-refractivity contribution in [3.8, 4) is 11.3 Å². The lowest BCUT2D eigenvalue weighted by atomic mass is 10.1. The van der Waals surface area contributed by atoms with Gasteiger partial charge in [0.05, 0.1) is 6.26 Å². The van der Waals surface area contributed by atoms with Crippen molar-refractivity contribution in [3.63, 3.8) is 0 Å². The molecule has 2 aromatic rings. The van der Waals surface area contributed by atoms with Gasteiger partial charge in [0, 0.05) is 18.3 Å². The van der Waals surface area contributed by atoms with E-state index in [9.17, 15) is 0 Å². The van der Waals surface area contributed by atoms with Gasteiger partial charge in [-0.3, -0.25) is 0 Å². The highest BCUT2D eigenvalue weighted by Crippen LogP contribution is 2.27. The topological polar surface area (TPSA) is 25.2 Å². The molecule has 66 valence electrons. The van der Waals surface area contributed by atoms with Gasteiger partial charge in [-0.15, -0.1) is 0 Å². The first-order valence-corrected chi connectivity index (χ1v) is 4.22. The summed E-state index contributed by atoms with van der Waals surface area (Å²) in [5.74, 6) is 0.893. The molecule has 0 spiro atoms. The number of rotatable bonds is 2. The lowest BCUT2D eigenvalue weighted by Crippen LogP contribution is -1.89. The van der Waals surface area contributed by atoms with E-state index in [1.165, 1.54) is 0 Å². The molecule has 13 heavy (non-hydrogen) atoms. The van der Waals surface area contributed by atoms with Crippen LogP contribution in [0.4, 0.5) is 5.69 Å². The third-order valence-corrected chi connectivity index (χ3v) is 1.98. The molecule has 1 heterocycles. The normalized spacial score (nSPS) is 9.92. The largest absolute Gasteiger partial charge is 0.464 e. The van der Waals surface area contributed by atoms with Crippen LogP contribution >= 0.6 is 0 Å². The van der Waals surface area contributed by atoms with Gasteiger partial charge in [0.2, 0.25) is 0 Å². The van der Waals surface area contributed by atoms with E-state index in [1.807, 2.05) is 43.4 Å². The maximum atomic E-state index is 5.32. The Balaban J connectivity index is 2.51. The lowest BCUT2D eigenvalue weighted by molar-refractivity contribution is 0.582. The standard InChI is InChI=1S/C11H11NO/c1-12-10-6-3-2-5-9(10)11-7-4-8-13-11/h2-8,12H,1H3. The molecule has 2 heteroatoms. The van der Waals surface area contributed by atoms with E-state index in [1.54, 1.807) is 6.26 Å². The van der Waals surface area contributed by atoms with E-state index in [4.69, 9.17) is 4.42 Å². The molecule has 0 unspecified atom stereocenters. The Morgan fingerprint density at radius 3 is 2.62 bits per heavy atom. The fourth-order valence-electron chi connectivity index (χ4n) is 1.35. The number of anilines is 1. The zero-order valence-corrected chi connectivity index (χ0v) is 7.45. The van der Waals surface area contributed by atoms with Crippen LogP contribution in [0.1, 0.15) is 0 Å². The summed E-state index contributed by atoms with van der Waals surface area (Å²) in [6.07, 6.45) is 1.68. The average molecular weight is 173 g/mol. The van der Waals surface area contributed by atoms with Crippen LogP contribution in [-0.2, 0) is 0 Å². The van der Waals surface area contributed by atoms with Crippen molar-refractivity contribution in [3.05, 3.63) is 42.7 Å². The van der Waals surface area contributed by atoms with Crippen LogP contribution in [0.2, 0.25) is 0 Å². The predicted molar refractivity (Wildman–Crippen MR) is 53.7 cm³/mol. The Morgan fingerprint density at radius 2 is 1.92 bits per heavy atom. The fraction of sp³-hybridized carbons (Fsp3) is 0.0909. The highest BCUT2D eigenvalue weighted by Gasteiger charge is 2.03. The Hall–Kier alpha value is -1.70. The summed E-state index contributed by atoms with van der Waals surface area (Å²) in [4.78, 5) is 0. The summed E-state index contributed by atoms with van der Waals surface area (Å²) in [5.41, 5.74) is 2.17. The zero-order valence-electron chi connectivity index (χ0n) is 7.45. The molecule has 1 N–H and O–H groups in total. The van der Waals surface area contributed by atoms with Crippen LogP contribution in [0.15, 0.2) is 47.1 Å². The van der Waals surface area contributed by atoms with Crippen LogP contribution < -0.4 is 5.32 Å². The first-order valence-electron chi connectivity index (χ1n) is 4.22. The zero-order chi connectivity index (χ0) is 9.10. The minimum Gasteiger partial charge on any atom is -0.464 e. The number of hydrogen-bond donors (Lipinski definition) is 1. The molecule has 0 amide bonds. The summed E-state index contributed by atoms with van der Waals surface area (Å²) in [6, 6.07) is 11.9. The van der Waals surface area contributed by atoms with E-state index in [0.717, 1.165) is 17.0 Å². The van der Waals surface area contributed by atoms with Crippen LogP contribution in [-0.4, -0.2) is 7.05 Å². The summed E-state index contributed by atoms with van der Waals surface area (Å²) in [5, 5.41) is 3.12. The molecule has 0 aliphatic rings. The van der Waals surface area contributed by atoms with E-state index in [0.29, 0.717) is 0 Å². The average Bonchev–Trinajstić information content (AvgIpc) is 2.70. The van der Waals surface area contributed by atoms with E-state index in [2.05, 4.69) is 5.32 Å². The summed E-state index contributed by atoms with van der Waals surface area (Å²) in [6.45, 7) is 0. The molecule has 0 saturated carbocycles. The second-order valence-electron chi connectivity index (χ2n) is 2.77.